The van der Waals surface area contributed by atoms with E-state index in [4.69, 9.17) is 4.74 Å². The van der Waals surface area contributed by atoms with Gasteiger partial charge in [-0.3, -0.25) is 9.79 Å². The molecular weight excluding hydrogens is 407 g/mol. The molecular formula is C16H25IN4O2. The fourth-order valence-corrected chi connectivity index (χ4v) is 2.51. The molecule has 1 heterocycles. The van der Waals surface area contributed by atoms with Gasteiger partial charge in [0.2, 0.25) is 5.91 Å². The van der Waals surface area contributed by atoms with Crippen molar-refractivity contribution in [3.8, 4) is 0 Å². The number of fused-ring (bicyclic) bond motifs is 1. The van der Waals surface area contributed by atoms with E-state index in [1.54, 1.807) is 7.05 Å². The number of amides is 1. The molecule has 1 aromatic carbocycles. The van der Waals surface area contributed by atoms with Crippen molar-refractivity contribution in [2.45, 2.75) is 19.3 Å². The molecule has 3 N–H and O–H groups in total. The number of halogens is 1. The second-order valence-electron chi connectivity index (χ2n) is 5.11. The Hall–Kier alpha value is -1.35. The average Bonchev–Trinajstić information content (AvgIpc) is 2.54. The van der Waals surface area contributed by atoms with Crippen molar-refractivity contribution in [3.63, 3.8) is 0 Å². The van der Waals surface area contributed by atoms with Gasteiger partial charge in [-0.2, -0.15) is 0 Å². The number of carbonyl (C=O) groups excluding carboxylic acids is 1. The molecule has 0 fully saturated rings. The molecule has 0 bridgehead atoms. The summed E-state index contributed by atoms with van der Waals surface area (Å²) in [5.41, 5.74) is 2.07. The number of guanidine groups is 1. The SMILES string of the molecule is CCOCCNC(=NC)NCC1CC(=O)Nc2ccccc21.I. The van der Waals surface area contributed by atoms with Crippen molar-refractivity contribution in [1.82, 2.24) is 10.6 Å². The zero-order valence-corrected chi connectivity index (χ0v) is 15.9. The van der Waals surface area contributed by atoms with Gasteiger partial charge in [-0.25, -0.2) is 0 Å². The van der Waals surface area contributed by atoms with Crippen molar-refractivity contribution in [2.75, 3.05) is 38.7 Å². The third-order valence-electron chi connectivity index (χ3n) is 3.59. The summed E-state index contributed by atoms with van der Waals surface area (Å²) < 4.78 is 5.29. The zero-order valence-electron chi connectivity index (χ0n) is 13.6. The van der Waals surface area contributed by atoms with E-state index in [0.717, 1.165) is 11.6 Å². The first-order chi connectivity index (χ1) is 10.7. The Kier molecular flexibility index (Phi) is 8.93. The number of aliphatic imine (C=N–C) groups is 1. The van der Waals surface area contributed by atoms with Crippen molar-refractivity contribution >= 4 is 41.5 Å². The molecule has 0 spiro atoms. The van der Waals surface area contributed by atoms with Crippen LogP contribution < -0.4 is 16.0 Å². The minimum atomic E-state index is 0. The van der Waals surface area contributed by atoms with E-state index in [9.17, 15) is 4.79 Å². The monoisotopic (exact) mass is 432 g/mol. The van der Waals surface area contributed by atoms with E-state index in [1.807, 2.05) is 25.1 Å². The molecule has 0 saturated heterocycles. The predicted molar refractivity (Wildman–Crippen MR) is 104 cm³/mol. The molecule has 1 aromatic rings. The Labute approximate surface area is 154 Å². The molecule has 1 amide bonds. The third kappa shape index (κ3) is 5.98. The van der Waals surface area contributed by atoms with E-state index in [-0.39, 0.29) is 35.8 Å². The van der Waals surface area contributed by atoms with Crippen LogP contribution in [0, 0.1) is 0 Å². The Morgan fingerprint density at radius 3 is 2.91 bits per heavy atom. The van der Waals surface area contributed by atoms with Crippen molar-refractivity contribution in [2.24, 2.45) is 4.99 Å². The minimum absolute atomic E-state index is 0. The highest BCUT2D eigenvalue weighted by atomic mass is 127. The average molecular weight is 432 g/mol. The quantitative estimate of drug-likeness (QED) is 0.278. The number of nitrogens with one attached hydrogen (secondary N) is 3. The van der Waals surface area contributed by atoms with Gasteiger partial charge in [0.05, 0.1) is 6.61 Å². The molecule has 6 nitrogen and oxygen atoms in total. The summed E-state index contributed by atoms with van der Waals surface area (Å²) in [5.74, 6) is 0.934. The topological polar surface area (TPSA) is 74.8 Å². The molecule has 7 heteroatoms. The second kappa shape index (κ2) is 10.4. The molecule has 1 aliphatic rings. The van der Waals surface area contributed by atoms with Crippen LogP contribution in [0.25, 0.3) is 0 Å². The van der Waals surface area contributed by atoms with Crippen LogP contribution in [0.2, 0.25) is 0 Å². The van der Waals surface area contributed by atoms with Gasteiger partial charge >= 0.3 is 0 Å². The smallest absolute Gasteiger partial charge is 0.225 e. The summed E-state index contributed by atoms with van der Waals surface area (Å²) in [6.45, 7) is 4.69. The lowest BCUT2D eigenvalue weighted by Crippen LogP contribution is -2.41. The van der Waals surface area contributed by atoms with E-state index in [1.165, 1.54) is 5.56 Å². The van der Waals surface area contributed by atoms with Crippen molar-refractivity contribution < 1.29 is 9.53 Å². The van der Waals surface area contributed by atoms with Gasteiger partial charge in [0.15, 0.2) is 5.96 Å². The maximum Gasteiger partial charge on any atom is 0.225 e. The Morgan fingerprint density at radius 1 is 1.39 bits per heavy atom. The Morgan fingerprint density at radius 2 is 2.17 bits per heavy atom. The Bertz CT molecular complexity index is 537. The summed E-state index contributed by atoms with van der Waals surface area (Å²) >= 11 is 0. The molecule has 0 radical (unpaired) electrons. The van der Waals surface area contributed by atoms with Crippen LogP contribution in [0.4, 0.5) is 5.69 Å². The van der Waals surface area contributed by atoms with Crippen LogP contribution in [-0.2, 0) is 9.53 Å². The number of ether oxygens (including phenoxy) is 1. The highest BCUT2D eigenvalue weighted by Gasteiger charge is 2.24. The van der Waals surface area contributed by atoms with Crippen molar-refractivity contribution in [3.05, 3.63) is 29.8 Å². The molecule has 0 aromatic heterocycles. The summed E-state index contributed by atoms with van der Waals surface area (Å²) in [6.07, 6.45) is 0.486. The highest BCUT2D eigenvalue weighted by Crippen LogP contribution is 2.31. The largest absolute Gasteiger partial charge is 0.380 e. The number of rotatable bonds is 6. The maximum absolute atomic E-state index is 11.8. The number of para-hydroxylation sites is 1. The molecule has 0 saturated carbocycles. The van der Waals surface area contributed by atoms with Crippen LogP contribution in [0.3, 0.4) is 0 Å². The van der Waals surface area contributed by atoms with Gasteiger partial charge in [0, 0.05) is 44.8 Å². The number of carbonyl (C=O) groups is 1. The van der Waals surface area contributed by atoms with Gasteiger partial charge in [0.25, 0.3) is 0 Å². The summed E-state index contributed by atoms with van der Waals surface area (Å²) in [6, 6.07) is 7.93. The summed E-state index contributed by atoms with van der Waals surface area (Å²) in [7, 11) is 1.73. The van der Waals surface area contributed by atoms with Crippen molar-refractivity contribution in [1.29, 1.82) is 0 Å². The fourth-order valence-electron chi connectivity index (χ4n) is 2.51. The number of benzene rings is 1. The lowest BCUT2D eigenvalue weighted by atomic mass is 9.90. The van der Waals surface area contributed by atoms with Crippen LogP contribution in [0.1, 0.15) is 24.8 Å². The number of anilines is 1. The van der Waals surface area contributed by atoms with E-state index >= 15 is 0 Å². The van der Waals surface area contributed by atoms with E-state index in [0.29, 0.717) is 32.7 Å². The summed E-state index contributed by atoms with van der Waals surface area (Å²) in [4.78, 5) is 16.0. The van der Waals surface area contributed by atoms with Gasteiger partial charge in [-0.1, -0.05) is 18.2 Å². The van der Waals surface area contributed by atoms with Crippen LogP contribution >= 0.6 is 24.0 Å². The van der Waals surface area contributed by atoms with Gasteiger partial charge in [-0.15, -0.1) is 24.0 Å². The number of hydrogen-bond donors (Lipinski definition) is 3. The first-order valence-electron chi connectivity index (χ1n) is 7.65. The lowest BCUT2D eigenvalue weighted by molar-refractivity contribution is -0.116. The van der Waals surface area contributed by atoms with Crippen LogP contribution in [0.5, 0.6) is 0 Å². The molecule has 1 aliphatic heterocycles. The van der Waals surface area contributed by atoms with E-state index in [2.05, 4.69) is 27.0 Å². The maximum atomic E-state index is 11.8. The summed E-state index contributed by atoms with van der Waals surface area (Å²) in [5, 5.41) is 9.38. The second-order valence-corrected chi connectivity index (χ2v) is 5.11. The predicted octanol–water partition coefficient (Wildman–Crippen LogP) is 1.93. The number of nitrogens with zero attached hydrogens (tertiary/aromatic N) is 1. The lowest BCUT2D eigenvalue weighted by Gasteiger charge is -2.26. The highest BCUT2D eigenvalue weighted by molar-refractivity contribution is 14.0. The molecule has 2 rings (SSSR count). The van der Waals surface area contributed by atoms with E-state index < -0.39 is 0 Å². The molecule has 0 aliphatic carbocycles. The third-order valence-corrected chi connectivity index (χ3v) is 3.59. The zero-order chi connectivity index (χ0) is 15.8. The van der Waals surface area contributed by atoms with Gasteiger partial charge in [0.1, 0.15) is 0 Å². The van der Waals surface area contributed by atoms with Crippen LogP contribution in [-0.4, -0.2) is 45.2 Å². The first-order valence-corrected chi connectivity index (χ1v) is 7.65. The molecule has 1 atom stereocenters. The van der Waals surface area contributed by atoms with Crippen LogP contribution in [0.15, 0.2) is 29.3 Å². The fraction of sp³-hybridized carbons (Fsp3) is 0.500. The first kappa shape index (κ1) is 19.7. The number of hydrogen-bond acceptors (Lipinski definition) is 3. The molecule has 128 valence electrons. The van der Waals surface area contributed by atoms with Gasteiger partial charge in [-0.05, 0) is 18.6 Å². The minimum Gasteiger partial charge on any atom is -0.380 e. The van der Waals surface area contributed by atoms with Gasteiger partial charge < -0.3 is 20.7 Å². The molecule has 23 heavy (non-hydrogen) atoms. The molecule has 1 unspecified atom stereocenters. The Balaban J connectivity index is 0.00000264. The standard InChI is InChI=1S/C16H24N4O2.HI/c1-3-22-9-8-18-16(17-2)19-11-12-10-15(21)20-14-7-5-4-6-13(12)14;/h4-7,12H,3,8-11H2,1-2H3,(H,20,21)(H2,17,18,19);1H. The normalized spacial score (nSPS) is 16.9.